The maximum Gasteiger partial charge on any atom is 0.132 e. The quantitative estimate of drug-likeness (QED) is 0.781. The molecule has 1 radical (unpaired) electrons. The summed E-state index contributed by atoms with van der Waals surface area (Å²) in [5, 5.41) is 0. The number of carbonyl (C=O) groups is 1. The van der Waals surface area contributed by atoms with Gasteiger partial charge in [0.05, 0.1) is 6.61 Å². The molecule has 0 aromatic carbocycles. The lowest BCUT2D eigenvalue weighted by Gasteiger charge is -2.22. The minimum Gasteiger partial charge on any atom is -0.380 e. The van der Waals surface area contributed by atoms with E-state index in [0.717, 1.165) is 24.1 Å². The summed E-state index contributed by atoms with van der Waals surface area (Å²) in [4.78, 5) is 15.6. The molecule has 0 unspecified atom stereocenters. The number of ether oxygens (including phenoxy) is 1. The average Bonchev–Trinajstić information content (AvgIpc) is 2.32. The van der Waals surface area contributed by atoms with Crippen molar-refractivity contribution in [2.75, 3.05) is 7.11 Å². The lowest BCUT2D eigenvalue weighted by atomic mass is 9.84. The van der Waals surface area contributed by atoms with Crippen LogP contribution in [0.1, 0.15) is 42.9 Å². The molecular formula is C13H16NO2. The fraction of sp³-hybridized carbons (Fsp3) is 0.538. The monoisotopic (exact) mass is 218 g/mol. The van der Waals surface area contributed by atoms with Crippen LogP contribution in [0.15, 0.2) is 12.3 Å². The molecule has 1 aliphatic carbocycles. The molecule has 16 heavy (non-hydrogen) atoms. The molecule has 3 heteroatoms. The van der Waals surface area contributed by atoms with E-state index in [1.807, 2.05) is 6.07 Å². The van der Waals surface area contributed by atoms with Crippen molar-refractivity contribution in [2.45, 2.75) is 38.2 Å². The molecule has 0 saturated heterocycles. The predicted molar refractivity (Wildman–Crippen MR) is 60.0 cm³/mol. The summed E-state index contributed by atoms with van der Waals surface area (Å²) in [7, 11) is 1.68. The second-order valence-electron chi connectivity index (χ2n) is 4.23. The van der Waals surface area contributed by atoms with E-state index in [4.69, 9.17) is 4.74 Å². The molecule has 0 spiro atoms. The number of hydrogen-bond donors (Lipinski definition) is 0. The molecule has 85 valence electrons. The third kappa shape index (κ3) is 2.47. The highest BCUT2D eigenvalue weighted by Crippen LogP contribution is 2.31. The summed E-state index contributed by atoms with van der Waals surface area (Å²) < 4.78 is 5.15. The standard InChI is InChI=1S/C13H16NO2/c1-16-9-11-3-2-8-14-13(11)10-4-6-12(15)7-5-10/h3,8,10H,4-7,9H2,1H3. The summed E-state index contributed by atoms with van der Waals surface area (Å²) in [6.45, 7) is 0.574. The second kappa shape index (κ2) is 5.21. The van der Waals surface area contributed by atoms with Crippen LogP contribution in [-0.4, -0.2) is 17.9 Å². The maximum absolute atomic E-state index is 11.2. The molecule has 0 amide bonds. The summed E-state index contributed by atoms with van der Waals surface area (Å²) in [6, 6.07) is 4.91. The van der Waals surface area contributed by atoms with Gasteiger partial charge in [-0.1, -0.05) is 0 Å². The van der Waals surface area contributed by atoms with Crippen molar-refractivity contribution in [3.05, 3.63) is 29.6 Å². The van der Waals surface area contributed by atoms with Gasteiger partial charge in [0, 0.05) is 49.4 Å². The van der Waals surface area contributed by atoms with Gasteiger partial charge in [-0.15, -0.1) is 0 Å². The van der Waals surface area contributed by atoms with Crippen molar-refractivity contribution in [2.24, 2.45) is 0 Å². The van der Waals surface area contributed by atoms with Gasteiger partial charge in [0.2, 0.25) is 0 Å². The number of nitrogens with zero attached hydrogens (tertiary/aromatic N) is 1. The number of Topliss-reactive ketones (excluding diaryl/α,β-unsaturated/α-hetero) is 1. The van der Waals surface area contributed by atoms with E-state index in [1.54, 1.807) is 13.3 Å². The first-order chi connectivity index (χ1) is 7.81. The van der Waals surface area contributed by atoms with E-state index in [1.165, 1.54) is 0 Å². The SMILES string of the molecule is COCc1c[c]cnc1C1CCC(=O)CC1. The van der Waals surface area contributed by atoms with Crippen LogP contribution in [0.25, 0.3) is 0 Å². The second-order valence-corrected chi connectivity index (χ2v) is 4.23. The number of methoxy groups -OCH3 is 1. The number of ketones is 1. The van der Waals surface area contributed by atoms with Crippen LogP contribution >= 0.6 is 0 Å². The van der Waals surface area contributed by atoms with E-state index in [0.29, 0.717) is 31.1 Å². The minimum absolute atomic E-state index is 0.382. The number of aromatic nitrogens is 1. The Labute approximate surface area is 95.8 Å². The van der Waals surface area contributed by atoms with E-state index in [9.17, 15) is 4.79 Å². The Morgan fingerprint density at radius 1 is 1.50 bits per heavy atom. The Balaban J connectivity index is 2.16. The molecular weight excluding hydrogens is 202 g/mol. The van der Waals surface area contributed by atoms with Crippen LogP contribution in [0.5, 0.6) is 0 Å². The van der Waals surface area contributed by atoms with Gasteiger partial charge in [-0.25, -0.2) is 0 Å². The predicted octanol–water partition coefficient (Wildman–Crippen LogP) is 2.25. The lowest BCUT2D eigenvalue weighted by molar-refractivity contribution is -0.120. The van der Waals surface area contributed by atoms with E-state index >= 15 is 0 Å². The van der Waals surface area contributed by atoms with E-state index in [2.05, 4.69) is 11.1 Å². The Kier molecular flexibility index (Phi) is 3.67. The van der Waals surface area contributed by atoms with Crippen molar-refractivity contribution in [1.29, 1.82) is 0 Å². The summed E-state index contributed by atoms with van der Waals surface area (Å²) in [5.41, 5.74) is 2.19. The largest absolute Gasteiger partial charge is 0.380 e. The highest BCUT2D eigenvalue weighted by Gasteiger charge is 2.23. The van der Waals surface area contributed by atoms with Crippen molar-refractivity contribution < 1.29 is 9.53 Å². The van der Waals surface area contributed by atoms with Gasteiger partial charge >= 0.3 is 0 Å². The molecule has 2 rings (SSSR count). The number of hydrogen-bond acceptors (Lipinski definition) is 3. The molecule has 1 saturated carbocycles. The first-order valence-corrected chi connectivity index (χ1v) is 5.66. The zero-order chi connectivity index (χ0) is 11.4. The minimum atomic E-state index is 0.382. The van der Waals surface area contributed by atoms with E-state index in [-0.39, 0.29) is 0 Å². The smallest absolute Gasteiger partial charge is 0.132 e. The summed E-state index contributed by atoms with van der Waals surface area (Å²) >= 11 is 0. The molecule has 0 bridgehead atoms. The van der Waals surface area contributed by atoms with Gasteiger partial charge in [-0.3, -0.25) is 9.78 Å². The molecule has 3 nitrogen and oxygen atoms in total. The lowest BCUT2D eigenvalue weighted by Crippen LogP contribution is -2.15. The molecule has 1 aromatic rings. The van der Waals surface area contributed by atoms with Crippen LogP contribution in [0.3, 0.4) is 0 Å². The van der Waals surface area contributed by atoms with Crippen LogP contribution in [-0.2, 0) is 16.1 Å². The number of pyridine rings is 1. The van der Waals surface area contributed by atoms with E-state index < -0.39 is 0 Å². The third-order valence-electron chi connectivity index (χ3n) is 3.09. The normalized spacial score (nSPS) is 17.7. The summed E-state index contributed by atoms with van der Waals surface area (Å²) in [5.74, 6) is 0.796. The average molecular weight is 218 g/mol. The zero-order valence-corrected chi connectivity index (χ0v) is 9.53. The van der Waals surface area contributed by atoms with Gasteiger partial charge in [0.25, 0.3) is 0 Å². The maximum atomic E-state index is 11.2. The molecule has 1 aromatic heterocycles. The zero-order valence-electron chi connectivity index (χ0n) is 9.53. The molecule has 0 atom stereocenters. The van der Waals surface area contributed by atoms with Crippen LogP contribution in [0.4, 0.5) is 0 Å². The van der Waals surface area contributed by atoms with Crippen LogP contribution in [0.2, 0.25) is 0 Å². The Morgan fingerprint density at radius 2 is 2.25 bits per heavy atom. The topological polar surface area (TPSA) is 39.2 Å². The highest BCUT2D eigenvalue weighted by molar-refractivity contribution is 5.79. The number of carbonyl (C=O) groups excluding carboxylic acids is 1. The molecule has 1 fully saturated rings. The van der Waals surface area contributed by atoms with Gasteiger partial charge in [-0.2, -0.15) is 0 Å². The highest BCUT2D eigenvalue weighted by atomic mass is 16.5. The fourth-order valence-corrected chi connectivity index (χ4v) is 2.25. The number of rotatable bonds is 3. The molecule has 1 aliphatic rings. The van der Waals surface area contributed by atoms with Crippen molar-refractivity contribution in [3.63, 3.8) is 0 Å². The van der Waals surface area contributed by atoms with Crippen molar-refractivity contribution in [3.8, 4) is 0 Å². The molecule has 0 aliphatic heterocycles. The van der Waals surface area contributed by atoms with Crippen molar-refractivity contribution >= 4 is 5.78 Å². The Bertz CT molecular complexity index is 366. The Morgan fingerprint density at radius 3 is 2.94 bits per heavy atom. The molecule has 0 N–H and O–H groups in total. The van der Waals surface area contributed by atoms with Crippen molar-refractivity contribution in [1.82, 2.24) is 4.98 Å². The van der Waals surface area contributed by atoms with Gasteiger partial charge in [0.1, 0.15) is 5.78 Å². The Hall–Kier alpha value is -1.22. The molecule has 1 heterocycles. The first kappa shape index (κ1) is 11.3. The summed E-state index contributed by atoms with van der Waals surface area (Å²) in [6.07, 6.45) is 4.93. The third-order valence-corrected chi connectivity index (χ3v) is 3.09. The van der Waals surface area contributed by atoms with Crippen LogP contribution < -0.4 is 0 Å². The van der Waals surface area contributed by atoms with Gasteiger partial charge in [0.15, 0.2) is 0 Å². The van der Waals surface area contributed by atoms with Gasteiger partial charge < -0.3 is 4.74 Å². The van der Waals surface area contributed by atoms with Gasteiger partial charge in [-0.05, 0) is 18.9 Å². The van der Waals surface area contributed by atoms with Crippen LogP contribution in [0, 0.1) is 6.07 Å². The first-order valence-electron chi connectivity index (χ1n) is 5.66. The fourth-order valence-electron chi connectivity index (χ4n) is 2.25.